The van der Waals surface area contributed by atoms with Gasteiger partial charge in [0, 0.05) is 16.1 Å². The Morgan fingerprint density at radius 2 is 1.89 bits per heavy atom. The van der Waals surface area contributed by atoms with Gasteiger partial charge in [-0.1, -0.05) is 22.0 Å². The lowest BCUT2D eigenvalue weighted by Gasteiger charge is -2.09. The highest BCUT2D eigenvalue weighted by atomic mass is 79.9. The number of rotatable bonds is 3. The molecule has 0 aliphatic heterocycles. The van der Waals surface area contributed by atoms with Crippen molar-refractivity contribution in [3.05, 3.63) is 58.1 Å². The summed E-state index contributed by atoms with van der Waals surface area (Å²) >= 11 is 3.16. The summed E-state index contributed by atoms with van der Waals surface area (Å²) in [6.45, 7) is -0.00718. The van der Waals surface area contributed by atoms with Crippen LogP contribution in [0.1, 0.15) is 5.56 Å². The SMILES string of the molecule is Nc1ccc(F)cc1OCc1ccc(Br)cc1F. The normalized spacial score (nSPS) is 10.4. The molecule has 0 spiro atoms. The molecule has 5 heteroatoms. The number of halogens is 3. The molecule has 0 radical (unpaired) electrons. The molecule has 2 rings (SSSR count). The first-order valence-corrected chi connectivity index (χ1v) is 5.97. The van der Waals surface area contributed by atoms with Crippen LogP contribution in [0.25, 0.3) is 0 Å². The molecular weight excluding hydrogens is 304 g/mol. The molecule has 2 N–H and O–H groups in total. The van der Waals surface area contributed by atoms with E-state index in [0.717, 1.165) is 0 Å². The zero-order chi connectivity index (χ0) is 13.1. The van der Waals surface area contributed by atoms with Crippen LogP contribution in [0, 0.1) is 11.6 Å². The minimum atomic E-state index is -0.449. The van der Waals surface area contributed by atoms with Crippen molar-refractivity contribution in [1.82, 2.24) is 0 Å². The number of nitrogen functional groups attached to an aromatic ring is 1. The monoisotopic (exact) mass is 313 g/mol. The molecular formula is C13H10BrF2NO. The van der Waals surface area contributed by atoms with Crippen molar-refractivity contribution in [3.8, 4) is 5.75 Å². The Labute approximate surface area is 112 Å². The molecule has 2 nitrogen and oxygen atoms in total. The molecule has 0 unspecified atom stereocenters. The Balaban J connectivity index is 2.13. The van der Waals surface area contributed by atoms with E-state index in [2.05, 4.69) is 15.9 Å². The van der Waals surface area contributed by atoms with Crippen LogP contribution in [0.2, 0.25) is 0 Å². The molecule has 0 amide bonds. The molecule has 2 aromatic rings. The molecule has 0 atom stereocenters. The quantitative estimate of drug-likeness (QED) is 0.873. The van der Waals surface area contributed by atoms with E-state index in [1.165, 1.54) is 24.3 Å². The first kappa shape index (κ1) is 12.8. The first-order valence-electron chi connectivity index (χ1n) is 5.18. The van der Waals surface area contributed by atoms with Gasteiger partial charge in [-0.15, -0.1) is 0 Å². The van der Waals surface area contributed by atoms with Gasteiger partial charge in [0.05, 0.1) is 5.69 Å². The van der Waals surface area contributed by atoms with Crippen molar-refractivity contribution in [2.24, 2.45) is 0 Å². The molecule has 0 bridgehead atoms. The Morgan fingerprint density at radius 3 is 2.61 bits per heavy atom. The van der Waals surface area contributed by atoms with E-state index >= 15 is 0 Å². The van der Waals surface area contributed by atoms with Crippen LogP contribution in [-0.4, -0.2) is 0 Å². The predicted octanol–water partition coefficient (Wildman–Crippen LogP) is 3.89. The van der Waals surface area contributed by atoms with E-state index in [0.29, 0.717) is 15.7 Å². The summed E-state index contributed by atoms with van der Waals surface area (Å²) in [5, 5.41) is 0. The minimum absolute atomic E-state index is 0.00718. The summed E-state index contributed by atoms with van der Waals surface area (Å²) < 4.78 is 32.5. The topological polar surface area (TPSA) is 35.2 Å². The summed E-state index contributed by atoms with van der Waals surface area (Å²) in [4.78, 5) is 0. The lowest BCUT2D eigenvalue weighted by Crippen LogP contribution is -2.01. The highest BCUT2D eigenvalue weighted by Gasteiger charge is 2.06. The number of nitrogens with two attached hydrogens (primary N) is 1. The van der Waals surface area contributed by atoms with Gasteiger partial charge in [-0.25, -0.2) is 8.78 Å². The number of anilines is 1. The zero-order valence-corrected chi connectivity index (χ0v) is 10.9. The lowest BCUT2D eigenvalue weighted by molar-refractivity contribution is 0.300. The van der Waals surface area contributed by atoms with Crippen LogP contribution >= 0.6 is 15.9 Å². The largest absolute Gasteiger partial charge is 0.487 e. The standard InChI is InChI=1S/C13H10BrF2NO/c14-9-2-1-8(11(16)5-9)7-18-13-6-10(15)3-4-12(13)17/h1-6H,7,17H2. The smallest absolute Gasteiger partial charge is 0.145 e. The van der Waals surface area contributed by atoms with Crippen molar-refractivity contribution in [2.75, 3.05) is 5.73 Å². The van der Waals surface area contributed by atoms with Crippen LogP contribution in [0.5, 0.6) is 5.75 Å². The summed E-state index contributed by atoms with van der Waals surface area (Å²) in [7, 11) is 0. The summed E-state index contributed by atoms with van der Waals surface area (Å²) in [6.07, 6.45) is 0. The maximum absolute atomic E-state index is 13.5. The summed E-state index contributed by atoms with van der Waals surface area (Å²) in [5.41, 5.74) is 6.31. The Morgan fingerprint density at radius 1 is 1.11 bits per heavy atom. The van der Waals surface area contributed by atoms with Gasteiger partial charge in [0.2, 0.25) is 0 Å². The van der Waals surface area contributed by atoms with Crippen LogP contribution in [0.3, 0.4) is 0 Å². The molecule has 18 heavy (non-hydrogen) atoms. The fraction of sp³-hybridized carbons (Fsp3) is 0.0769. The molecule has 0 fully saturated rings. The Hall–Kier alpha value is -1.62. The number of benzene rings is 2. The molecule has 0 aliphatic rings. The second kappa shape index (κ2) is 5.35. The molecule has 0 aliphatic carbocycles. The van der Waals surface area contributed by atoms with Crippen molar-refractivity contribution in [3.63, 3.8) is 0 Å². The van der Waals surface area contributed by atoms with E-state index in [4.69, 9.17) is 10.5 Å². The van der Waals surface area contributed by atoms with E-state index < -0.39 is 5.82 Å². The fourth-order valence-electron chi connectivity index (χ4n) is 1.43. The molecule has 94 valence electrons. The van der Waals surface area contributed by atoms with Gasteiger partial charge in [-0.2, -0.15) is 0 Å². The molecule has 0 saturated heterocycles. The molecule has 0 saturated carbocycles. The van der Waals surface area contributed by atoms with Gasteiger partial charge in [0.15, 0.2) is 0 Å². The zero-order valence-electron chi connectivity index (χ0n) is 9.29. The van der Waals surface area contributed by atoms with Gasteiger partial charge in [-0.05, 0) is 24.3 Å². The Bertz CT molecular complexity index is 575. The van der Waals surface area contributed by atoms with Crippen LogP contribution < -0.4 is 10.5 Å². The highest BCUT2D eigenvalue weighted by Crippen LogP contribution is 2.24. The third kappa shape index (κ3) is 2.98. The summed E-state index contributed by atoms with van der Waals surface area (Å²) in [6, 6.07) is 8.45. The highest BCUT2D eigenvalue weighted by molar-refractivity contribution is 9.10. The molecule has 0 heterocycles. The van der Waals surface area contributed by atoms with E-state index in [9.17, 15) is 8.78 Å². The van der Waals surface area contributed by atoms with Crippen molar-refractivity contribution in [1.29, 1.82) is 0 Å². The number of ether oxygens (including phenoxy) is 1. The van der Waals surface area contributed by atoms with E-state index in [-0.39, 0.29) is 18.2 Å². The third-order valence-corrected chi connectivity index (χ3v) is 2.87. The van der Waals surface area contributed by atoms with E-state index in [1.54, 1.807) is 12.1 Å². The van der Waals surface area contributed by atoms with E-state index in [1.807, 2.05) is 0 Å². The van der Waals surface area contributed by atoms with Crippen LogP contribution in [0.4, 0.5) is 14.5 Å². The Kier molecular flexibility index (Phi) is 3.81. The fourth-order valence-corrected chi connectivity index (χ4v) is 1.76. The average Bonchev–Trinajstić information content (AvgIpc) is 2.32. The average molecular weight is 314 g/mol. The minimum Gasteiger partial charge on any atom is -0.487 e. The number of hydrogen-bond acceptors (Lipinski definition) is 2. The molecule has 0 aromatic heterocycles. The van der Waals surface area contributed by atoms with Crippen molar-refractivity contribution < 1.29 is 13.5 Å². The maximum Gasteiger partial charge on any atom is 0.145 e. The van der Waals surface area contributed by atoms with Gasteiger partial charge < -0.3 is 10.5 Å². The second-order valence-corrected chi connectivity index (χ2v) is 4.62. The second-order valence-electron chi connectivity index (χ2n) is 3.71. The van der Waals surface area contributed by atoms with Crippen molar-refractivity contribution >= 4 is 21.6 Å². The van der Waals surface area contributed by atoms with Crippen LogP contribution in [0.15, 0.2) is 40.9 Å². The van der Waals surface area contributed by atoms with Gasteiger partial charge >= 0.3 is 0 Å². The van der Waals surface area contributed by atoms with Gasteiger partial charge in [0.1, 0.15) is 24.0 Å². The lowest BCUT2D eigenvalue weighted by atomic mass is 10.2. The molecule has 2 aromatic carbocycles. The van der Waals surface area contributed by atoms with Crippen molar-refractivity contribution in [2.45, 2.75) is 6.61 Å². The van der Waals surface area contributed by atoms with Gasteiger partial charge in [0.25, 0.3) is 0 Å². The first-order chi connectivity index (χ1) is 8.56. The summed E-state index contributed by atoms with van der Waals surface area (Å²) in [5.74, 6) is -0.632. The third-order valence-electron chi connectivity index (χ3n) is 2.37. The maximum atomic E-state index is 13.5. The van der Waals surface area contributed by atoms with Gasteiger partial charge in [-0.3, -0.25) is 0 Å². The number of hydrogen-bond donors (Lipinski definition) is 1. The predicted molar refractivity (Wildman–Crippen MR) is 69.2 cm³/mol. The van der Waals surface area contributed by atoms with Crippen LogP contribution in [-0.2, 0) is 6.61 Å².